The Bertz CT molecular complexity index is 640. The third kappa shape index (κ3) is 1.97. The monoisotopic (exact) mass is 306 g/mol. The van der Waals surface area contributed by atoms with Crippen LogP contribution in [-0.4, -0.2) is 12.4 Å². The second-order valence-corrected chi connectivity index (χ2v) is 5.07. The van der Waals surface area contributed by atoms with E-state index in [1.54, 1.807) is 12.3 Å². The lowest BCUT2D eigenvalue weighted by atomic mass is 10.0. The average molecular weight is 307 g/mol. The Morgan fingerprint density at radius 2 is 2.22 bits per heavy atom. The zero-order chi connectivity index (χ0) is 12.5. The van der Waals surface area contributed by atoms with Crippen LogP contribution in [-0.2, 0) is 4.74 Å². The number of carbonyl (C=O) groups is 1. The molecule has 0 aliphatic carbocycles. The summed E-state index contributed by atoms with van der Waals surface area (Å²) in [4.78, 5) is 12.2. The van der Waals surface area contributed by atoms with Crippen molar-refractivity contribution >= 4 is 32.7 Å². The van der Waals surface area contributed by atoms with Gasteiger partial charge in [0.2, 0.25) is 5.78 Å². The first-order chi connectivity index (χ1) is 8.75. The van der Waals surface area contributed by atoms with E-state index >= 15 is 0 Å². The van der Waals surface area contributed by atoms with E-state index in [1.807, 2.05) is 18.2 Å². The molecule has 1 aromatic heterocycles. The highest BCUT2D eigenvalue weighted by Gasteiger charge is 2.19. The molecule has 3 rings (SSSR count). The molecule has 1 aromatic carbocycles. The predicted molar refractivity (Wildman–Crippen MR) is 71.5 cm³/mol. The number of hydrogen-bond acceptors (Lipinski definition) is 3. The number of benzene rings is 1. The van der Waals surface area contributed by atoms with Gasteiger partial charge in [0.1, 0.15) is 5.58 Å². The molecular weight excluding hydrogens is 296 g/mol. The van der Waals surface area contributed by atoms with E-state index in [2.05, 4.69) is 15.9 Å². The highest BCUT2D eigenvalue weighted by atomic mass is 79.9. The predicted octanol–water partition coefficient (Wildman–Crippen LogP) is 4.07. The van der Waals surface area contributed by atoms with Crippen LogP contribution in [0.4, 0.5) is 0 Å². The molecule has 2 heterocycles. The van der Waals surface area contributed by atoms with Crippen LogP contribution in [0.1, 0.15) is 23.4 Å². The zero-order valence-electron chi connectivity index (χ0n) is 9.61. The smallest absolute Gasteiger partial charge is 0.227 e. The number of rotatable bonds is 2. The van der Waals surface area contributed by atoms with Crippen molar-refractivity contribution in [2.24, 2.45) is 0 Å². The molecule has 18 heavy (non-hydrogen) atoms. The second-order valence-electron chi connectivity index (χ2n) is 4.22. The minimum Gasteiger partial charge on any atom is -0.501 e. The molecule has 0 N–H and O–H groups in total. The van der Waals surface area contributed by atoms with Gasteiger partial charge < -0.3 is 9.15 Å². The van der Waals surface area contributed by atoms with Crippen molar-refractivity contribution in [2.75, 3.05) is 6.61 Å². The first-order valence-corrected chi connectivity index (χ1v) is 6.58. The van der Waals surface area contributed by atoms with E-state index in [1.165, 1.54) is 0 Å². The Labute approximate surface area is 113 Å². The number of halogens is 1. The summed E-state index contributed by atoms with van der Waals surface area (Å²) in [6.07, 6.45) is 3.17. The highest BCUT2D eigenvalue weighted by molar-refractivity contribution is 9.10. The lowest BCUT2D eigenvalue weighted by Crippen LogP contribution is -2.08. The summed E-state index contributed by atoms with van der Waals surface area (Å²) < 4.78 is 11.7. The van der Waals surface area contributed by atoms with Crippen LogP contribution in [0.25, 0.3) is 11.0 Å². The Hall–Kier alpha value is -1.55. The largest absolute Gasteiger partial charge is 0.501 e. The van der Waals surface area contributed by atoms with E-state index in [0.29, 0.717) is 23.5 Å². The molecule has 92 valence electrons. The number of furan rings is 1. The Morgan fingerprint density at radius 3 is 2.94 bits per heavy atom. The molecule has 0 atom stereocenters. The van der Waals surface area contributed by atoms with Crippen LogP contribution in [0.2, 0.25) is 0 Å². The van der Waals surface area contributed by atoms with Crippen molar-refractivity contribution in [3.8, 4) is 0 Å². The molecule has 4 heteroatoms. The molecule has 1 aliphatic rings. The Kier molecular flexibility index (Phi) is 2.96. The average Bonchev–Trinajstić information content (AvgIpc) is 2.84. The first kappa shape index (κ1) is 11.5. The van der Waals surface area contributed by atoms with E-state index in [-0.39, 0.29) is 5.78 Å². The highest BCUT2D eigenvalue weighted by Crippen LogP contribution is 2.29. The summed E-state index contributed by atoms with van der Waals surface area (Å²) in [5, 5.41) is 0.921. The maximum Gasteiger partial charge on any atom is 0.227 e. The minimum atomic E-state index is -0.0854. The summed E-state index contributed by atoms with van der Waals surface area (Å²) in [5.74, 6) is 0.284. The molecule has 2 aromatic rings. The van der Waals surface area contributed by atoms with Gasteiger partial charge in [-0.2, -0.15) is 0 Å². The van der Waals surface area contributed by atoms with Crippen molar-refractivity contribution in [3.63, 3.8) is 0 Å². The van der Waals surface area contributed by atoms with Crippen LogP contribution < -0.4 is 0 Å². The summed E-state index contributed by atoms with van der Waals surface area (Å²) in [6.45, 7) is 0.683. The maximum absolute atomic E-state index is 12.2. The van der Waals surface area contributed by atoms with Gasteiger partial charge in [0.25, 0.3) is 0 Å². The lowest BCUT2D eigenvalue weighted by Gasteiger charge is -2.11. The topological polar surface area (TPSA) is 39.4 Å². The number of hydrogen-bond donors (Lipinski definition) is 0. The lowest BCUT2D eigenvalue weighted by molar-refractivity contribution is 0.0986. The van der Waals surface area contributed by atoms with Gasteiger partial charge in [-0.15, -0.1) is 0 Å². The quantitative estimate of drug-likeness (QED) is 0.785. The second kappa shape index (κ2) is 4.61. The zero-order valence-corrected chi connectivity index (χ0v) is 11.2. The summed E-state index contributed by atoms with van der Waals surface area (Å²) in [5.41, 5.74) is 1.38. The Balaban J connectivity index is 2.01. The third-order valence-corrected chi connectivity index (χ3v) is 3.57. The molecule has 1 aliphatic heterocycles. The van der Waals surface area contributed by atoms with Gasteiger partial charge in [-0.3, -0.25) is 4.79 Å². The van der Waals surface area contributed by atoms with Crippen LogP contribution in [0.3, 0.4) is 0 Å². The number of carbonyl (C=O) groups excluding carboxylic acids is 1. The number of fused-ring (bicyclic) bond motifs is 1. The van der Waals surface area contributed by atoms with E-state index in [4.69, 9.17) is 9.15 Å². The van der Waals surface area contributed by atoms with Crippen LogP contribution in [0.15, 0.2) is 45.0 Å². The molecule has 0 amide bonds. The van der Waals surface area contributed by atoms with E-state index < -0.39 is 0 Å². The molecule has 0 unspecified atom stereocenters. The van der Waals surface area contributed by atoms with Gasteiger partial charge in [-0.25, -0.2) is 0 Å². The SMILES string of the molecule is O=C(C1=COCCC1)c1cc2cccc(Br)c2o1. The standard InChI is InChI=1S/C14H11BrO3/c15-11-5-1-3-9-7-12(18-14(9)11)13(16)10-4-2-6-17-8-10/h1,3,5,7-8H,2,4,6H2. The van der Waals surface area contributed by atoms with E-state index in [9.17, 15) is 4.79 Å². The van der Waals surface area contributed by atoms with Gasteiger partial charge in [-0.05, 0) is 40.9 Å². The van der Waals surface area contributed by atoms with Crippen molar-refractivity contribution in [3.05, 3.63) is 46.3 Å². The van der Waals surface area contributed by atoms with Gasteiger partial charge in [0, 0.05) is 11.0 Å². The molecule has 0 saturated carbocycles. The van der Waals surface area contributed by atoms with Crippen LogP contribution in [0.5, 0.6) is 0 Å². The first-order valence-electron chi connectivity index (χ1n) is 5.79. The fourth-order valence-electron chi connectivity index (χ4n) is 2.03. The number of para-hydroxylation sites is 1. The van der Waals surface area contributed by atoms with Crippen molar-refractivity contribution < 1.29 is 13.9 Å². The van der Waals surface area contributed by atoms with Crippen molar-refractivity contribution in [1.29, 1.82) is 0 Å². The molecule has 3 nitrogen and oxygen atoms in total. The van der Waals surface area contributed by atoms with Crippen LogP contribution in [0, 0.1) is 0 Å². The molecular formula is C14H11BrO3. The number of Topliss-reactive ketones (excluding diaryl/α,β-unsaturated/α-hetero) is 1. The Morgan fingerprint density at radius 1 is 1.33 bits per heavy atom. The van der Waals surface area contributed by atoms with Crippen LogP contribution >= 0.6 is 15.9 Å². The van der Waals surface area contributed by atoms with Gasteiger partial charge in [0.05, 0.1) is 17.3 Å². The number of ketones is 1. The summed E-state index contributed by atoms with van der Waals surface area (Å²) in [7, 11) is 0. The maximum atomic E-state index is 12.2. The van der Waals surface area contributed by atoms with Gasteiger partial charge >= 0.3 is 0 Å². The van der Waals surface area contributed by atoms with Crippen molar-refractivity contribution in [2.45, 2.75) is 12.8 Å². The fraction of sp³-hybridized carbons (Fsp3) is 0.214. The molecule has 0 spiro atoms. The summed E-state index contributed by atoms with van der Waals surface area (Å²) >= 11 is 3.41. The molecule has 0 fully saturated rings. The number of allylic oxidation sites excluding steroid dienone is 1. The fourth-order valence-corrected chi connectivity index (χ4v) is 2.49. The summed E-state index contributed by atoms with van der Waals surface area (Å²) in [6, 6.07) is 7.51. The van der Waals surface area contributed by atoms with E-state index in [0.717, 1.165) is 22.7 Å². The van der Waals surface area contributed by atoms with Gasteiger partial charge in [0.15, 0.2) is 5.76 Å². The molecule has 0 radical (unpaired) electrons. The van der Waals surface area contributed by atoms with Gasteiger partial charge in [-0.1, -0.05) is 12.1 Å². The molecule has 0 saturated heterocycles. The number of ether oxygens (including phenoxy) is 1. The van der Waals surface area contributed by atoms with Crippen molar-refractivity contribution in [1.82, 2.24) is 0 Å². The molecule has 0 bridgehead atoms. The third-order valence-electron chi connectivity index (χ3n) is 2.95. The normalized spacial score (nSPS) is 15.3. The minimum absolute atomic E-state index is 0.0854.